The van der Waals surface area contributed by atoms with E-state index in [4.69, 9.17) is 0 Å². The van der Waals surface area contributed by atoms with Crippen LogP contribution in [-0.2, 0) is 9.59 Å². The predicted molar refractivity (Wildman–Crippen MR) is 121 cm³/mol. The minimum absolute atomic E-state index is 0.231. The Balaban J connectivity index is 0.000000161. The lowest BCUT2D eigenvalue weighted by molar-refractivity contribution is -0.125. The van der Waals surface area contributed by atoms with Gasteiger partial charge in [-0.05, 0) is 63.5 Å². The Labute approximate surface area is 177 Å². The summed E-state index contributed by atoms with van der Waals surface area (Å²) >= 11 is 0. The number of fused-ring (bicyclic) bond motifs is 1. The Bertz CT molecular complexity index is 889. The molecule has 0 bridgehead atoms. The van der Waals surface area contributed by atoms with E-state index in [1.807, 2.05) is 19.2 Å². The number of anilines is 1. The summed E-state index contributed by atoms with van der Waals surface area (Å²) in [6.45, 7) is 6.80. The van der Waals surface area contributed by atoms with Gasteiger partial charge in [0.05, 0.1) is 0 Å². The predicted octanol–water partition coefficient (Wildman–Crippen LogP) is 3.25. The number of amides is 2. The highest BCUT2D eigenvalue weighted by atomic mass is 16.1. The second-order valence-electron chi connectivity index (χ2n) is 6.93. The fourth-order valence-electron chi connectivity index (χ4n) is 3.14. The number of hydrogen-bond donors (Lipinski definition) is 4. The molecule has 0 aliphatic carbocycles. The number of benzene rings is 1. The minimum Gasteiger partial charge on any atom is -0.361 e. The summed E-state index contributed by atoms with van der Waals surface area (Å²) in [6.07, 6.45) is 7.88. The molecule has 1 aliphatic rings. The number of para-hydroxylation sites is 1. The number of aromatic nitrogens is 2. The van der Waals surface area contributed by atoms with Crippen molar-refractivity contribution in [1.29, 1.82) is 0 Å². The highest BCUT2D eigenvalue weighted by molar-refractivity contribution is 5.82. The van der Waals surface area contributed by atoms with Gasteiger partial charge in [0.2, 0.25) is 12.3 Å². The van der Waals surface area contributed by atoms with Gasteiger partial charge in [-0.25, -0.2) is 0 Å². The Morgan fingerprint density at radius 1 is 1.17 bits per heavy atom. The molecule has 160 valence electrons. The van der Waals surface area contributed by atoms with E-state index in [2.05, 4.69) is 51.0 Å². The highest BCUT2D eigenvalue weighted by Gasteiger charge is 2.19. The molecule has 7 nitrogen and oxygen atoms in total. The van der Waals surface area contributed by atoms with Crippen molar-refractivity contribution in [3.05, 3.63) is 60.6 Å². The van der Waals surface area contributed by atoms with Crippen LogP contribution in [0.1, 0.15) is 25.3 Å². The van der Waals surface area contributed by atoms with Gasteiger partial charge in [-0.2, -0.15) is 0 Å². The molecule has 1 aromatic carbocycles. The first-order valence-electron chi connectivity index (χ1n) is 10.3. The van der Waals surface area contributed by atoms with Crippen LogP contribution in [0.15, 0.2) is 55.0 Å². The van der Waals surface area contributed by atoms with Gasteiger partial charge in [0.25, 0.3) is 0 Å². The van der Waals surface area contributed by atoms with Gasteiger partial charge in [0, 0.05) is 47.6 Å². The molecule has 1 saturated heterocycles. The third kappa shape index (κ3) is 7.67. The maximum absolute atomic E-state index is 11.3. The molecule has 4 N–H and O–H groups in total. The van der Waals surface area contributed by atoms with Gasteiger partial charge in [-0.1, -0.05) is 18.2 Å². The molecule has 4 rings (SSSR count). The number of aromatic amines is 1. The van der Waals surface area contributed by atoms with Crippen LogP contribution in [-0.4, -0.2) is 41.9 Å². The first-order valence-corrected chi connectivity index (χ1v) is 10.3. The Kier molecular flexibility index (Phi) is 10.1. The minimum atomic E-state index is 0.231. The topological polar surface area (TPSA) is 98.9 Å². The summed E-state index contributed by atoms with van der Waals surface area (Å²) in [6, 6.07) is 11.7. The van der Waals surface area contributed by atoms with E-state index in [1.165, 1.54) is 16.5 Å². The molecule has 1 fully saturated rings. The molecule has 3 heterocycles. The molecule has 0 saturated carbocycles. The first-order chi connectivity index (χ1) is 14.7. The van der Waals surface area contributed by atoms with Gasteiger partial charge in [-0.15, -0.1) is 0 Å². The number of carbonyl (C=O) groups is 2. The zero-order chi connectivity index (χ0) is 21.6. The van der Waals surface area contributed by atoms with Gasteiger partial charge in [0.1, 0.15) is 0 Å². The number of pyridine rings is 1. The number of carbonyl (C=O) groups excluding carboxylic acids is 2. The van der Waals surface area contributed by atoms with Crippen molar-refractivity contribution in [2.24, 2.45) is 5.92 Å². The number of aryl methyl sites for hydroxylation is 1. The van der Waals surface area contributed by atoms with E-state index >= 15 is 0 Å². The van der Waals surface area contributed by atoms with Crippen LogP contribution in [0.4, 0.5) is 5.69 Å². The summed E-state index contributed by atoms with van der Waals surface area (Å²) in [4.78, 5) is 28.1. The van der Waals surface area contributed by atoms with E-state index in [0.717, 1.165) is 38.2 Å². The maximum atomic E-state index is 11.3. The van der Waals surface area contributed by atoms with E-state index in [-0.39, 0.29) is 11.8 Å². The van der Waals surface area contributed by atoms with Crippen LogP contribution < -0.4 is 16.0 Å². The lowest BCUT2D eigenvalue weighted by Gasteiger charge is -2.21. The first kappa shape index (κ1) is 23.1. The van der Waals surface area contributed by atoms with Crippen molar-refractivity contribution in [2.75, 3.05) is 25.0 Å². The summed E-state index contributed by atoms with van der Waals surface area (Å²) in [5.74, 6) is 0.491. The van der Waals surface area contributed by atoms with Gasteiger partial charge < -0.3 is 20.9 Å². The van der Waals surface area contributed by atoms with Crippen molar-refractivity contribution in [1.82, 2.24) is 20.6 Å². The van der Waals surface area contributed by atoms with Crippen molar-refractivity contribution < 1.29 is 9.59 Å². The largest absolute Gasteiger partial charge is 0.361 e. The van der Waals surface area contributed by atoms with Crippen LogP contribution >= 0.6 is 0 Å². The zero-order valence-corrected chi connectivity index (χ0v) is 17.7. The highest BCUT2D eigenvalue weighted by Crippen LogP contribution is 2.15. The van der Waals surface area contributed by atoms with Crippen molar-refractivity contribution in [2.45, 2.75) is 26.7 Å². The molecular weight excluding hydrogens is 378 g/mol. The molecule has 2 aromatic heterocycles. The quantitative estimate of drug-likeness (QED) is 0.497. The molecule has 1 aliphatic heterocycles. The summed E-state index contributed by atoms with van der Waals surface area (Å²) in [5, 5.41) is 9.89. The average molecular weight is 410 g/mol. The maximum Gasteiger partial charge on any atom is 0.223 e. The number of H-pyrrole nitrogens is 1. The molecular formula is C23H31N5O2. The lowest BCUT2D eigenvalue weighted by atomic mass is 9.97. The van der Waals surface area contributed by atoms with Crippen LogP contribution in [0.3, 0.4) is 0 Å². The normalized spacial score (nSPS) is 13.3. The summed E-state index contributed by atoms with van der Waals surface area (Å²) in [7, 11) is 0. The Hall–Kier alpha value is -3.19. The van der Waals surface area contributed by atoms with Crippen LogP contribution in [0, 0.1) is 12.8 Å². The SMILES string of the molecule is CCNC(=O)C1CCNCC1.Cc1c[nH]c2ccccc12.O=CNc1ccncc1. The molecule has 0 atom stereocenters. The van der Waals surface area contributed by atoms with Gasteiger partial charge in [-0.3, -0.25) is 14.6 Å². The second kappa shape index (κ2) is 13.1. The van der Waals surface area contributed by atoms with Crippen LogP contribution in [0.5, 0.6) is 0 Å². The molecule has 7 heteroatoms. The number of hydrogen-bond acceptors (Lipinski definition) is 4. The number of piperidine rings is 1. The Morgan fingerprint density at radius 3 is 2.50 bits per heavy atom. The third-order valence-electron chi connectivity index (χ3n) is 4.76. The standard InChI is InChI=1S/C9H9N.C8H16N2O.C6H6N2O/c1-7-6-10-9-5-3-2-4-8(7)9;1-2-10-8(11)7-3-5-9-6-4-7;9-5-8-6-1-3-7-4-2-6/h2-6,10H,1H3;7,9H,2-6H2,1H3,(H,10,11);1-5H,(H,7,8,9). The summed E-state index contributed by atoms with van der Waals surface area (Å²) < 4.78 is 0. The number of nitrogens with one attached hydrogen (secondary N) is 4. The molecule has 3 aromatic rings. The molecule has 0 radical (unpaired) electrons. The van der Waals surface area contributed by atoms with E-state index in [9.17, 15) is 9.59 Å². The van der Waals surface area contributed by atoms with Crippen molar-refractivity contribution in [3.8, 4) is 0 Å². The van der Waals surface area contributed by atoms with Gasteiger partial charge in [0.15, 0.2) is 0 Å². The smallest absolute Gasteiger partial charge is 0.223 e. The van der Waals surface area contributed by atoms with Crippen molar-refractivity contribution >= 4 is 28.9 Å². The summed E-state index contributed by atoms with van der Waals surface area (Å²) in [5.41, 5.74) is 3.30. The van der Waals surface area contributed by atoms with E-state index in [1.54, 1.807) is 24.5 Å². The number of nitrogens with zero attached hydrogens (tertiary/aromatic N) is 1. The number of rotatable bonds is 4. The molecule has 0 spiro atoms. The molecule has 30 heavy (non-hydrogen) atoms. The third-order valence-corrected chi connectivity index (χ3v) is 4.76. The monoisotopic (exact) mass is 409 g/mol. The fourth-order valence-corrected chi connectivity index (χ4v) is 3.14. The second-order valence-corrected chi connectivity index (χ2v) is 6.93. The molecule has 0 unspecified atom stereocenters. The van der Waals surface area contributed by atoms with Gasteiger partial charge >= 0.3 is 0 Å². The van der Waals surface area contributed by atoms with Crippen LogP contribution in [0.2, 0.25) is 0 Å². The lowest BCUT2D eigenvalue weighted by Crippen LogP contribution is -2.37. The molecule has 2 amide bonds. The van der Waals surface area contributed by atoms with Crippen LogP contribution in [0.25, 0.3) is 10.9 Å². The zero-order valence-electron chi connectivity index (χ0n) is 17.7. The fraction of sp³-hybridized carbons (Fsp3) is 0.348. The van der Waals surface area contributed by atoms with Crippen molar-refractivity contribution in [3.63, 3.8) is 0 Å². The van der Waals surface area contributed by atoms with E-state index in [0.29, 0.717) is 6.41 Å². The Morgan fingerprint density at radius 2 is 1.87 bits per heavy atom. The van der Waals surface area contributed by atoms with E-state index < -0.39 is 0 Å². The average Bonchev–Trinajstić information content (AvgIpc) is 3.18.